The summed E-state index contributed by atoms with van der Waals surface area (Å²) in [5.41, 5.74) is 0.667. The van der Waals surface area contributed by atoms with Gasteiger partial charge in [0.25, 0.3) is 0 Å². The minimum Gasteiger partial charge on any atom is -0.390 e. The van der Waals surface area contributed by atoms with E-state index in [2.05, 4.69) is 32.2 Å². The molecule has 2 rings (SSSR count). The lowest BCUT2D eigenvalue weighted by atomic mass is 9.93. The molecule has 1 fully saturated rings. The van der Waals surface area contributed by atoms with Gasteiger partial charge >= 0.3 is 0 Å². The maximum atomic E-state index is 10.00. The first kappa shape index (κ1) is 17.2. The van der Waals surface area contributed by atoms with Gasteiger partial charge < -0.3 is 15.3 Å². The van der Waals surface area contributed by atoms with Gasteiger partial charge in [0, 0.05) is 28.6 Å². The highest BCUT2D eigenvalue weighted by atomic mass is 79.9. The molecule has 0 saturated carbocycles. The standard InChI is InChI=1S/C16H24BrClN2O/c1-16(21)6-9-20(10-7-16)8-5-15(19-2)13-4-3-12(17)11-14(13)18/h3-4,11,15,19,21H,5-10H2,1-2H3. The van der Waals surface area contributed by atoms with Crippen molar-refractivity contribution in [1.29, 1.82) is 0 Å². The monoisotopic (exact) mass is 374 g/mol. The van der Waals surface area contributed by atoms with Crippen molar-refractivity contribution in [3.8, 4) is 0 Å². The molecule has 1 unspecified atom stereocenters. The molecule has 118 valence electrons. The fourth-order valence-electron chi connectivity index (χ4n) is 2.81. The number of nitrogens with zero attached hydrogens (tertiary/aromatic N) is 1. The molecule has 1 aromatic carbocycles. The fraction of sp³-hybridized carbons (Fsp3) is 0.625. The highest BCUT2D eigenvalue weighted by Gasteiger charge is 2.27. The lowest BCUT2D eigenvalue weighted by molar-refractivity contribution is -0.00593. The highest BCUT2D eigenvalue weighted by Crippen LogP contribution is 2.29. The molecule has 1 aliphatic rings. The number of piperidine rings is 1. The number of rotatable bonds is 5. The zero-order chi connectivity index (χ0) is 15.5. The summed E-state index contributed by atoms with van der Waals surface area (Å²) >= 11 is 9.79. The average Bonchev–Trinajstić information content (AvgIpc) is 2.42. The van der Waals surface area contributed by atoms with Crippen LogP contribution in [-0.4, -0.2) is 42.3 Å². The van der Waals surface area contributed by atoms with Crippen molar-refractivity contribution in [2.24, 2.45) is 0 Å². The van der Waals surface area contributed by atoms with E-state index in [1.807, 2.05) is 26.1 Å². The third kappa shape index (κ3) is 4.93. The fourth-order valence-corrected chi connectivity index (χ4v) is 3.61. The molecule has 1 atom stereocenters. The number of nitrogens with one attached hydrogen (secondary N) is 1. The predicted molar refractivity (Wildman–Crippen MR) is 91.9 cm³/mol. The van der Waals surface area contributed by atoms with Gasteiger partial charge in [-0.1, -0.05) is 33.6 Å². The van der Waals surface area contributed by atoms with Crippen LogP contribution in [0, 0.1) is 0 Å². The van der Waals surface area contributed by atoms with Gasteiger partial charge in [-0.3, -0.25) is 0 Å². The number of hydrogen-bond donors (Lipinski definition) is 2. The topological polar surface area (TPSA) is 35.5 Å². The normalized spacial score (nSPS) is 20.4. The smallest absolute Gasteiger partial charge is 0.0644 e. The molecule has 0 aromatic heterocycles. The number of likely N-dealkylation sites (tertiary alicyclic amines) is 1. The third-order valence-electron chi connectivity index (χ3n) is 4.35. The van der Waals surface area contributed by atoms with Crippen LogP contribution in [0.5, 0.6) is 0 Å². The minimum absolute atomic E-state index is 0.257. The second-order valence-electron chi connectivity index (χ2n) is 6.13. The van der Waals surface area contributed by atoms with Gasteiger partial charge in [0.05, 0.1) is 5.60 Å². The van der Waals surface area contributed by atoms with Crippen molar-refractivity contribution in [2.45, 2.75) is 37.8 Å². The Bertz CT molecular complexity index is 471. The van der Waals surface area contributed by atoms with E-state index in [1.165, 1.54) is 0 Å². The molecule has 5 heteroatoms. The van der Waals surface area contributed by atoms with Crippen molar-refractivity contribution in [2.75, 3.05) is 26.7 Å². The van der Waals surface area contributed by atoms with E-state index in [9.17, 15) is 5.11 Å². The maximum Gasteiger partial charge on any atom is 0.0644 e. The zero-order valence-electron chi connectivity index (χ0n) is 12.7. The molecule has 1 saturated heterocycles. The number of aliphatic hydroxyl groups is 1. The van der Waals surface area contributed by atoms with E-state index in [0.29, 0.717) is 0 Å². The van der Waals surface area contributed by atoms with Gasteiger partial charge in [0.1, 0.15) is 0 Å². The SMILES string of the molecule is CNC(CCN1CCC(C)(O)CC1)c1ccc(Br)cc1Cl. The molecular formula is C16H24BrClN2O. The second-order valence-corrected chi connectivity index (χ2v) is 7.46. The molecule has 1 heterocycles. The first-order valence-electron chi connectivity index (χ1n) is 7.48. The first-order chi connectivity index (χ1) is 9.91. The summed E-state index contributed by atoms with van der Waals surface area (Å²) < 4.78 is 1.00. The Labute approximate surface area is 140 Å². The van der Waals surface area contributed by atoms with E-state index >= 15 is 0 Å². The second kappa shape index (κ2) is 7.42. The largest absolute Gasteiger partial charge is 0.390 e. The highest BCUT2D eigenvalue weighted by molar-refractivity contribution is 9.10. The van der Waals surface area contributed by atoms with E-state index < -0.39 is 5.60 Å². The molecule has 0 aliphatic carbocycles. The van der Waals surface area contributed by atoms with Gasteiger partial charge in [0.2, 0.25) is 0 Å². The van der Waals surface area contributed by atoms with Crippen molar-refractivity contribution in [3.63, 3.8) is 0 Å². The van der Waals surface area contributed by atoms with Gasteiger partial charge in [-0.15, -0.1) is 0 Å². The molecule has 2 N–H and O–H groups in total. The Morgan fingerprint density at radius 2 is 2.10 bits per heavy atom. The van der Waals surface area contributed by atoms with Crippen molar-refractivity contribution in [3.05, 3.63) is 33.3 Å². The summed E-state index contributed by atoms with van der Waals surface area (Å²) in [4.78, 5) is 2.43. The quantitative estimate of drug-likeness (QED) is 0.825. The van der Waals surface area contributed by atoms with Crippen LogP contribution in [0.4, 0.5) is 0 Å². The van der Waals surface area contributed by atoms with Crippen molar-refractivity contribution >= 4 is 27.5 Å². The van der Waals surface area contributed by atoms with Crippen LogP contribution in [0.15, 0.2) is 22.7 Å². The molecule has 21 heavy (non-hydrogen) atoms. The summed E-state index contributed by atoms with van der Waals surface area (Å²) in [6.45, 7) is 4.89. The van der Waals surface area contributed by atoms with Crippen molar-refractivity contribution < 1.29 is 5.11 Å². The van der Waals surface area contributed by atoms with E-state index in [1.54, 1.807) is 0 Å². The predicted octanol–water partition coefficient (Wildman–Crippen LogP) is 3.60. The first-order valence-corrected chi connectivity index (χ1v) is 8.65. The average molecular weight is 376 g/mol. The van der Waals surface area contributed by atoms with Gasteiger partial charge in [-0.25, -0.2) is 0 Å². The molecular weight excluding hydrogens is 352 g/mol. The van der Waals surface area contributed by atoms with Crippen LogP contribution in [0.1, 0.15) is 37.8 Å². The van der Waals surface area contributed by atoms with E-state index in [4.69, 9.17) is 11.6 Å². The van der Waals surface area contributed by atoms with Gasteiger partial charge in [-0.05, 0) is 57.5 Å². The molecule has 1 aliphatic heterocycles. The molecule has 3 nitrogen and oxygen atoms in total. The van der Waals surface area contributed by atoms with Crippen LogP contribution < -0.4 is 5.32 Å². The Morgan fingerprint density at radius 1 is 1.43 bits per heavy atom. The lowest BCUT2D eigenvalue weighted by Gasteiger charge is -2.36. The summed E-state index contributed by atoms with van der Waals surface area (Å²) in [5.74, 6) is 0. The third-order valence-corrected chi connectivity index (χ3v) is 5.17. The summed E-state index contributed by atoms with van der Waals surface area (Å²) in [6.07, 6.45) is 2.73. The lowest BCUT2D eigenvalue weighted by Crippen LogP contribution is -2.43. The van der Waals surface area contributed by atoms with Crippen LogP contribution in [0.25, 0.3) is 0 Å². The number of benzene rings is 1. The summed E-state index contributed by atoms with van der Waals surface area (Å²) in [7, 11) is 1.98. The number of hydrogen-bond acceptors (Lipinski definition) is 3. The van der Waals surface area contributed by atoms with Crippen LogP contribution in [-0.2, 0) is 0 Å². The number of halogens is 2. The Balaban J connectivity index is 1.91. The van der Waals surface area contributed by atoms with E-state index in [0.717, 1.165) is 54.0 Å². The molecule has 0 bridgehead atoms. The van der Waals surface area contributed by atoms with E-state index in [-0.39, 0.29) is 6.04 Å². The Kier molecular flexibility index (Phi) is 6.09. The van der Waals surface area contributed by atoms with Gasteiger partial charge in [-0.2, -0.15) is 0 Å². The maximum absolute atomic E-state index is 10.00. The summed E-state index contributed by atoms with van der Waals surface area (Å²) in [5, 5.41) is 14.2. The van der Waals surface area contributed by atoms with Gasteiger partial charge in [0.15, 0.2) is 0 Å². The minimum atomic E-state index is -0.478. The van der Waals surface area contributed by atoms with Crippen LogP contribution >= 0.6 is 27.5 Å². The van der Waals surface area contributed by atoms with Crippen molar-refractivity contribution in [1.82, 2.24) is 10.2 Å². The van der Waals surface area contributed by atoms with Crippen LogP contribution in [0.3, 0.4) is 0 Å². The molecule has 0 spiro atoms. The molecule has 0 radical (unpaired) electrons. The molecule has 1 aromatic rings. The summed E-state index contributed by atoms with van der Waals surface area (Å²) in [6, 6.07) is 6.31. The zero-order valence-corrected chi connectivity index (χ0v) is 15.0. The molecule has 0 amide bonds. The Hall–Kier alpha value is -0.130. The Morgan fingerprint density at radius 3 is 2.67 bits per heavy atom. The van der Waals surface area contributed by atoms with Crippen LogP contribution in [0.2, 0.25) is 5.02 Å².